The van der Waals surface area contributed by atoms with Crippen LogP contribution in [0, 0.1) is 12.8 Å². The second-order valence-corrected chi connectivity index (χ2v) is 10.6. The number of aliphatic hydroxyl groups excluding tert-OH is 1. The maximum Gasteiger partial charge on any atom is 0.350 e. The number of aliphatic hydroxyl groups is 1. The Morgan fingerprint density at radius 3 is 2.51 bits per heavy atom. The maximum absolute atomic E-state index is 13.6. The summed E-state index contributed by atoms with van der Waals surface area (Å²) in [6, 6.07) is 12.6. The molecule has 0 saturated carbocycles. The van der Waals surface area contributed by atoms with E-state index in [4.69, 9.17) is 14.2 Å². The molecule has 1 aromatic heterocycles. The summed E-state index contributed by atoms with van der Waals surface area (Å²) in [6.45, 7) is 11.9. The fraction of sp³-hybridized carbons (Fsp3) is 0.290. The molecule has 1 amide bonds. The largest absolute Gasteiger partial charge is 0.507 e. The number of nitrogens with zero attached hydrogens (tertiary/aromatic N) is 2. The van der Waals surface area contributed by atoms with Crippen LogP contribution < -0.4 is 14.4 Å². The number of Topliss-reactive ketones (excluding diaryl/α,β-unsaturated/α-hetero) is 1. The molecule has 214 valence electrons. The van der Waals surface area contributed by atoms with Gasteiger partial charge in [0.05, 0.1) is 24.5 Å². The molecule has 0 aliphatic carbocycles. The Bertz CT molecular complexity index is 1490. The summed E-state index contributed by atoms with van der Waals surface area (Å²) in [4.78, 5) is 45.6. The van der Waals surface area contributed by atoms with Crippen molar-refractivity contribution in [1.29, 1.82) is 0 Å². The van der Waals surface area contributed by atoms with Crippen molar-refractivity contribution in [2.75, 3.05) is 24.7 Å². The lowest BCUT2D eigenvalue weighted by molar-refractivity contribution is -0.132. The fourth-order valence-electron chi connectivity index (χ4n) is 4.32. The first-order valence-electron chi connectivity index (χ1n) is 13.2. The van der Waals surface area contributed by atoms with Crippen LogP contribution >= 0.6 is 11.3 Å². The molecule has 0 bridgehead atoms. The van der Waals surface area contributed by atoms with Crippen molar-refractivity contribution >= 4 is 39.9 Å². The number of thiazole rings is 1. The number of hydrogen-bond donors (Lipinski definition) is 1. The zero-order chi connectivity index (χ0) is 29.7. The van der Waals surface area contributed by atoms with Gasteiger partial charge >= 0.3 is 11.9 Å². The second kappa shape index (κ2) is 12.8. The van der Waals surface area contributed by atoms with E-state index in [2.05, 4.69) is 11.6 Å². The van der Waals surface area contributed by atoms with Gasteiger partial charge in [-0.2, -0.15) is 0 Å². The molecule has 1 fully saturated rings. The van der Waals surface area contributed by atoms with E-state index in [0.29, 0.717) is 47.5 Å². The molecule has 3 aromatic rings. The monoisotopic (exact) mass is 576 g/mol. The number of aryl methyl sites for hydroxylation is 1. The summed E-state index contributed by atoms with van der Waals surface area (Å²) in [7, 11) is 0. The van der Waals surface area contributed by atoms with E-state index in [0.717, 1.165) is 11.3 Å². The lowest BCUT2D eigenvalue weighted by Crippen LogP contribution is -2.29. The van der Waals surface area contributed by atoms with Gasteiger partial charge < -0.3 is 19.3 Å². The SMILES string of the molecule is C=CCOC(=O)c1sc(N2C(=O)C(=O)/C(=C(/O)c3ccc(OCC(C)C)cc3)C2c2ccccc2OCC)nc1C. The molecule has 1 saturated heterocycles. The number of aromatic nitrogens is 1. The number of carbonyl (C=O) groups is 3. The van der Waals surface area contributed by atoms with Crippen LogP contribution in [-0.2, 0) is 14.3 Å². The molecule has 1 atom stereocenters. The summed E-state index contributed by atoms with van der Waals surface area (Å²) in [5, 5.41) is 11.6. The van der Waals surface area contributed by atoms with Crippen LogP contribution in [0.4, 0.5) is 5.13 Å². The molecule has 1 N–H and O–H groups in total. The van der Waals surface area contributed by atoms with Crippen LogP contribution in [-0.4, -0.2) is 47.6 Å². The quantitative estimate of drug-likeness (QED) is 0.0993. The first-order chi connectivity index (χ1) is 19.7. The number of hydrogen-bond acceptors (Lipinski definition) is 9. The number of amides is 1. The van der Waals surface area contributed by atoms with Gasteiger partial charge in [0.2, 0.25) is 0 Å². The number of benzene rings is 2. The van der Waals surface area contributed by atoms with E-state index < -0.39 is 23.7 Å². The molecule has 10 heteroatoms. The third-order valence-corrected chi connectivity index (χ3v) is 7.31. The minimum Gasteiger partial charge on any atom is -0.507 e. The lowest BCUT2D eigenvalue weighted by atomic mass is 9.94. The highest BCUT2D eigenvalue weighted by Crippen LogP contribution is 2.46. The number of ketones is 1. The predicted octanol–water partition coefficient (Wildman–Crippen LogP) is 5.85. The molecule has 1 aliphatic heterocycles. The highest BCUT2D eigenvalue weighted by Gasteiger charge is 2.49. The molecule has 0 spiro atoms. The van der Waals surface area contributed by atoms with Crippen molar-refractivity contribution < 1.29 is 33.7 Å². The van der Waals surface area contributed by atoms with Crippen LogP contribution in [0.25, 0.3) is 5.76 Å². The highest BCUT2D eigenvalue weighted by molar-refractivity contribution is 7.17. The van der Waals surface area contributed by atoms with Gasteiger partial charge in [0.25, 0.3) is 5.78 Å². The summed E-state index contributed by atoms with van der Waals surface area (Å²) in [5.41, 5.74) is 1.04. The van der Waals surface area contributed by atoms with Gasteiger partial charge in [0.15, 0.2) is 5.13 Å². The minimum absolute atomic E-state index is 0.0129. The van der Waals surface area contributed by atoms with E-state index in [1.165, 1.54) is 11.0 Å². The highest BCUT2D eigenvalue weighted by atomic mass is 32.1. The zero-order valence-corrected chi connectivity index (χ0v) is 24.2. The van der Waals surface area contributed by atoms with Gasteiger partial charge in [-0.3, -0.25) is 14.5 Å². The van der Waals surface area contributed by atoms with Crippen molar-refractivity contribution in [3.63, 3.8) is 0 Å². The molecule has 2 aromatic carbocycles. The van der Waals surface area contributed by atoms with Crippen molar-refractivity contribution in [3.05, 3.63) is 88.5 Å². The predicted molar refractivity (Wildman–Crippen MR) is 156 cm³/mol. The number of para-hydroxylation sites is 1. The molecular weight excluding hydrogens is 544 g/mol. The fourth-order valence-corrected chi connectivity index (χ4v) is 5.31. The van der Waals surface area contributed by atoms with Crippen molar-refractivity contribution in [3.8, 4) is 11.5 Å². The number of anilines is 1. The van der Waals surface area contributed by atoms with Crippen molar-refractivity contribution in [1.82, 2.24) is 4.98 Å². The first kappa shape index (κ1) is 29.5. The summed E-state index contributed by atoms with van der Waals surface area (Å²) in [6.07, 6.45) is 1.45. The van der Waals surface area contributed by atoms with Gasteiger partial charge in [-0.15, -0.1) is 0 Å². The molecule has 4 rings (SSSR count). The Morgan fingerprint density at radius 1 is 1.15 bits per heavy atom. The minimum atomic E-state index is -1.07. The van der Waals surface area contributed by atoms with Gasteiger partial charge in [0, 0.05) is 11.1 Å². The third-order valence-electron chi connectivity index (χ3n) is 6.18. The van der Waals surface area contributed by atoms with Crippen LogP contribution in [0.3, 0.4) is 0 Å². The van der Waals surface area contributed by atoms with E-state index in [1.54, 1.807) is 55.5 Å². The number of ether oxygens (including phenoxy) is 3. The average molecular weight is 577 g/mol. The van der Waals surface area contributed by atoms with E-state index in [-0.39, 0.29) is 27.9 Å². The summed E-state index contributed by atoms with van der Waals surface area (Å²) in [5.74, 6) is -1.35. The lowest BCUT2D eigenvalue weighted by Gasteiger charge is -2.24. The number of carbonyl (C=O) groups excluding carboxylic acids is 3. The van der Waals surface area contributed by atoms with E-state index in [9.17, 15) is 19.5 Å². The third kappa shape index (κ3) is 6.17. The Labute approximate surface area is 242 Å². The number of esters is 1. The normalized spacial score (nSPS) is 16.2. The van der Waals surface area contributed by atoms with Gasteiger partial charge in [-0.25, -0.2) is 9.78 Å². The first-order valence-corrected chi connectivity index (χ1v) is 14.0. The van der Waals surface area contributed by atoms with Crippen molar-refractivity contribution in [2.45, 2.75) is 33.7 Å². The average Bonchev–Trinajstić information content (AvgIpc) is 3.47. The molecular formula is C31H32N2O7S. The van der Waals surface area contributed by atoms with Gasteiger partial charge in [-0.05, 0) is 50.1 Å². The van der Waals surface area contributed by atoms with Crippen LogP contribution in [0.1, 0.15) is 53.3 Å². The van der Waals surface area contributed by atoms with Crippen LogP contribution in [0.2, 0.25) is 0 Å². The Hall–Kier alpha value is -4.44. The van der Waals surface area contributed by atoms with E-state index >= 15 is 0 Å². The Balaban J connectivity index is 1.85. The topological polar surface area (TPSA) is 115 Å². The Morgan fingerprint density at radius 2 is 1.85 bits per heavy atom. The van der Waals surface area contributed by atoms with Crippen LogP contribution in [0.5, 0.6) is 11.5 Å². The number of rotatable bonds is 11. The molecule has 0 radical (unpaired) electrons. The summed E-state index contributed by atoms with van der Waals surface area (Å²) < 4.78 is 16.7. The van der Waals surface area contributed by atoms with Crippen molar-refractivity contribution in [2.24, 2.45) is 5.92 Å². The molecule has 1 aliphatic rings. The Kier molecular flexibility index (Phi) is 9.24. The standard InChI is InChI=1S/C31H32N2O7S/c1-6-16-39-30(37)28-19(5)32-31(41-28)33-25(22-10-8-9-11-23(22)38-7-2)24(27(35)29(33)36)26(34)20-12-14-21(15-13-20)40-17-18(3)4/h6,8-15,18,25,34H,1,7,16-17H2,2-5H3/b26-24+. The van der Waals surface area contributed by atoms with Crippen LogP contribution in [0.15, 0.2) is 66.8 Å². The smallest absolute Gasteiger partial charge is 0.350 e. The molecule has 41 heavy (non-hydrogen) atoms. The second-order valence-electron chi connectivity index (χ2n) is 9.67. The molecule has 1 unspecified atom stereocenters. The molecule has 2 heterocycles. The van der Waals surface area contributed by atoms with E-state index in [1.807, 2.05) is 20.8 Å². The maximum atomic E-state index is 13.6. The summed E-state index contributed by atoms with van der Waals surface area (Å²) >= 11 is 0.929. The zero-order valence-electron chi connectivity index (χ0n) is 23.4. The van der Waals surface area contributed by atoms with Gasteiger partial charge in [0.1, 0.15) is 34.8 Å². The molecule has 9 nitrogen and oxygen atoms in total. The van der Waals surface area contributed by atoms with Gasteiger partial charge in [-0.1, -0.05) is 56.0 Å².